The molecule has 1 saturated heterocycles. The number of thioether (sulfide) groups is 1. The Kier molecular flexibility index (Phi) is 5.58. The van der Waals surface area contributed by atoms with Crippen LogP contribution in [-0.2, 0) is 4.74 Å². The molecule has 0 bridgehead atoms. The highest BCUT2D eigenvalue weighted by atomic mass is 32.2. The quantitative estimate of drug-likeness (QED) is 0.806. The fourth-order valence-corrected chi connectivity index (χ4v) is 4.72. The molecule has 4 nitrogen and oxygen atoms in total. The van der Waals surface area contributed by atoms with Crippen molar-refractivity contribution in [2.24, 2.45) is 0 Å². The van der Waals surface area contributed by atoms with Gasteiger partial charge in [-0.25, -0.2) is 0 Å². The van der Waals surface area contributed by atoms with E-state index in [2.05, 4.69) is 29.2 Å². The van der Waals surface area contributed by atoms with Crippen LogP contribution < -0.4 is 0 Å². The molecule has 0 spiro atoms. The summed E-state index contributed by atoms with van der Waals surface area (Å²) >= 11 is 1.76. The predicted octanol–water partition coefficient (Wildman–Crippen LogP) is 3.66. The molecule has 2 heterocycles. The monoisotopic (exact) mass is 368 g/mol. The van der Waals surface area contributed by atoms with Crippen molar-refractivity contribution in [3.05, 3.63) is 65.7 Å². The van der Waals surface area contributed by atoms with Crippen LogP contribution in [-0.4, -0.2) is 54.4 Å². The molecule has 0 radical (unpaired) electrons. The maximum atomic E-state index is 13.2. The lowest BCUT2D eigenvalue weighted by atomic mass is 10.0. The Morgan fingerprint density at radius 2 is 1.73 bits per heavy atom. The lowest BCUT2D eigenvalue weighted by Crippen LogP contribution is -2.41. The van der Waals surface area contributed by atoms with Gasteiger partial charge in [0.25, 0.3) is 5.91 Å². The molecule has 0 saturated carbocycles. The highest BCUT2D eigenvalue weighted by Gasteiger charge is 2.31. The second-order valence-corrected chi connectivity index (χ2v) is 7.70. The molecular weight excluding hydrogens is 344 g/mol. The summed E-state index contributed by atoms with van der Waals surface area (Å²) in [6.45, 7) is 4.56. The zero-order chi connectivity index (χ0) is 17.8. The van der Waals surface area contributed by atoms with E-state index >= 15 is 0 Å². The summed E-state index contributed by atoms with van der Waals surface area (Å²) in [4.78, 5) is 18.7. The van der Waals surface area contributed by atoms with Crippen molar-refractivity contribution in [1.82, 2.24) is 9.80 Å². The molecule has 2 aliphatic heterocycles. The first kappa shape index (κ1) is 17.6. The van der Waals surface area contributed by atoms with Gasteiger partial charge in [-0.1, -0.05) is 42.5 Å². The average Bonchev–Trinajstić information content (AvgIpc) is 2.71. The smallest absolute Gasteiger partial charge is 0.256 e. The number of fused-ring (bicyclic) bond motifs is 1. The number of ether oxygens (including phenoxy) is 1. The molecule has 2 aliphatic rings. The molecule has 1 amide bonds. The fraction of sp³-hybridized carbons (Fsp3) is 0.381. The van der Waals surface area contributed by atoms with Gasteiger partial charge >= 0.3 is 0 Å². The second kappa shape index (κ2) is 8.25. The molecule has 0 aromatic heterocycles. The lowest BCUT2D eigenvalue weighted by Gasteiger charge is -2.37. The summed E-state index contributed by atoms with van der Waals surface area (Å²) in [6, 6.07) is 18.5. The first-order chi connectivity index (χ1) is 12.8. The van der Waals surface area contributed by atoms with Crippen molar-refractivity contribution in [2.45, 2.75) is 17.4 Å². The van der Waals surface area contributed by atoms with Crippen LogP contribution in [0.4, 0.5) is 0 Å². The molecule has 5 heteroatoms. The van der Waals surface area contributed by atoms with E-state index in [0.717, 1.165) is 49.7 Å². The third-order valence-corrected chi connectivity index (χ3v) is 6.19. The molecule has 136 valence electrons. The van der Waals surface area contributed by atoms with Crippen molar-refractivity contribution in [2.75, 3.05) is 38.7 Å². The van der Waals surface area contributed by atoms with Gasteiger partial charge in [-0.15, -0.1) is 11.8 Å². The molecule has 0 N–H and O–H groups in total. The summed E-state index contributed by atoms with van der Waals surface area (Å²) < 4.78 is 5.45. The van der Waals surface area contributed by atoms with Crippen LogP contribution in [0.5, 0.6) is 0 Å². The highest BCUT2D eigenvalue weighted by molar-refractivity contribution is 7.99. The average molecular weight is 369 g/mol. The molecule has 2 aromatic rings. The van der Waals surface area contributed by atoms with Gasteiger partial charge in [0.05, 0.1) is 30.7 Å². The number of hydrogen-bond donors (Lipinski definition) is 0. The molecule has 2 aromatic carbocycles. The zero-order valence-corrected chi connectivity index (χ0v) is 15.7. The topological polar surface area (TPSA) is 32.8 Å². The Bertz CT molecular complexity index is 747. The summed E-state index contributed by atoms with van der Waals surface area (Å²) in [5.41, 5.74) is 2.05. The summed E-state index contributed by atoms with van der Waals surface area (Å²) in [5, 5.41) is 0. The van der Waals surface area contributed by atoms with Crippen LogP contribution in [0.3, 0.4) is 0 Å². The van der Waals surface area contributed by atoms with Gasteiger partial charge in [0, 0.05) is 24.5 Å². The summed E-state index contributed by atoms with van der Waals surface area (Å²) in [6.07, 6.45) is 0.943. The van der Waals surface area contributed by atoms with Crippen molar-refractivity contribution in [3.63, 3.8) is 0 Å². The zero-order valence-electron chi connectivity index (χ0n) is 14.8. The SMILES string of the molecule is O=C1c2ccccc2SCN1C(CCN1CCOCC1)c1ccccc1. The molecule has 1 atom stereocenters. The van der Waals surface area contributed by atoms with Gasteiger partial charge in [-0.3, -0.25) is 9.69 Å². The fourth-order valence-electron chi connectivity index (χ4n) is 3.66. The number of carbonyl (C=O) groups is 1. The van der Waals surface area contributed by atoms with Crippen LogP contribution in [0, 0.1) is 0 Å². The van der Waals surface area contributed by atoms with Crippen LogP contribution in [0.25, 0.3) is 0 Å². The van der Waals surface area contributed by atoms with Crippen molar-refractivity contribution in [1.29, 1.82) is 0 Å². The second-order valence-electron chi connectivity index (χ2n) is 6.71. The standard InChI is InChI=1S/C21H24N2O2S/c24-21-18-8-4-5-9-20(18)26-16-23(21)19(17-6-2-1-3-7-17)10-11-22-12-14-25-15-13-22/h1-9,19H,10-16H2. The number of hydrogen-bond acceptors (Lipinski definition) is 4. The molecule has 1 fully saturated rings. The third kappa shape index (κ3) is 3.80. The van der Waals surface area contributed by atoms with Crippen molar-refractivity contribution < 1.29 is 9.53 Å². The Morgan fingerprint density at radius 1 is 1.00 bits per heavy atom. The molecule has 4 rings (SSSR count). The van der Waals surface area contributed by atoms with Crippen LogP contribution in [0.1, 0.15) is 28.4 Å². The van der Waals surface area contributed by atoms with Gasteiger partial charge in [0.2, 0.25) is 0 Å². The van der Waals surface area contributed by atoms with E-state index in [1.54, 1.807) is 11.8 Å². The molecule has 26 heavy (non-hydrogen) atoms. The van der Waals surface area contributed by atoms with E-state index in [1.165, 1.54) is 5.56 Å². The van der Waals surface area contributed by atoms with Crippen molar-refractivity contribution >= 4 is 17.7 Å². The number of carbonyl (C=O) groups excluding carboxylic acids is 1. The van der Waals surface area contributed by atoms with E-state index < -0.39 is 0 Å². The first-order valence-electron chi connectivity index (χ1n) is 9.21. The van der Waals surface area contributed by atoms with Crippen LogP contribution in [0.15, 0.2) is 59.5 Å². The van der Waals surface area contributed by atoms with Crippen LogP contribution >= 0.6 is 11.8 Å². The maximum Gasteiger partial charge on any atom is 0.256 e. The van der Waals surface area contributed by atoms with Gasteiger partial charge in [0.15, 0.2) is 0 Å². The minimum absolute atomic E-state index is 0.104. The third-order valence-electron chi connectivity index (χ3n) is 5.12. The Morgan fingerprint density at radius 3 is 2.54 bits per heavy atom. The Labute approximate surface area is 159 Å². The van der Waals surface area contributed by atoms with Crippen molar-refractivity contribution in [3.8, 4) is 0 Å². The summed E-state index contributed by atoms with van der Waals surface area (Å²) in [5.74, 6) is 0.855. The first-order valence-corrected chi connectivity index (χ1v) is 10.2. The van der Waals surface area contributed by atoms with E-state index in [9.17, 15) is 4.79 Å². The predicted molar refractivity (Wildman–Crippen MR) is 104 cm³/mol. The van der Waals surface area contributed by atoms with Gasteiger partial charge < -0.3 is 9.64 Å². The van der Waals surface area contributed by atoms with Crippen LogP contribution in [0.2, 0.25) is 0 Å². The molecule has 0 aliphatic carbocycles. The Balaban J connectivity index is 1.56. The van der Waals surface area contributed by atoms with Gasteiger partial charge in [-0.2, -0.15) is 0 Å². The highest BCUT2D eigenvalue weighted by Crippen LogP contribution is 2.36. The molecular formula is C21H24N2O2S. The van der Waals surface area contributed by atoms with E-state index in [4.69, 9.17) is 4.74 Å². The number of benzene rings is 2. The van der Waals surface area contributed by atoms with E-state index in [1.807, 2.05) is 35.2 Å². The van der Waals surface area contributed by atoms with E-state index in [-0.39, 0.29) is 11.9 Å². The van der Waals surface area contributed by atoms with E-state index in [0.29, 0.717) is 5.88 Å². The minimum atomic E-state index is 0.104. The maximum absolute atomic E-state index is 13.2. The number of nitrogens with zero attached hydrogens (tertiary/aromatic N) is 2. The Hall–Kier alpha value is -1.82. The van der Waals surface area contributed by atoms with Gasteiger partial charge in [-0.05, 0) is 24.1 Å². The largest absolute Gasteiger partial charge is 0.379 e. The minimum Gasteiger partial charge on any atom is -0.379 e. The number of morpholine rings is 1. The lowest BCUT2D eigenvalue weighted by molar-refractivity contribution is 0.0326. The normalized spacial score (nSPS) is 19.2. The van der Waals surface area contributed by atoms with Gasteiger partial charge in [0.1, 0.15) is 0 Å². The molecule has 1 unspecified atom stereocenters. The number of amides is 1. The number of rotatable bonds is 5. The summed E-state index contributed by atoms with van der Waals surface area (Å²) in [7, 11) is 0.